The molecule has 0 spiro atoms. The van der Waals surface area contributed by atoms with Gasteiger partial charge < -0.3 is 9.84 Å². The van der Waals surface area contributed by atoms with Gasteiger partial charge in [-0.2, -0.15) is 0 Å². The summed E-state index contributed by atoms with van der Waals surface area (Å²) in [6.45, 7) is 6.74. The fourth-order valence-electron chi connectivity index (χ4n) is 7.03. The van der Waals surface area contributed by atoms with Crippen molar-refractivity contribution in [2.75, 3.05) is 0 Å². The van der Waals surface area contributed by atoms with Crippen LogP contribution in [0.3, 0.4) is 0 Å². The maximum atomic E-state index is 11.9. The van der Waals surface area contributed by atoms with Crippen LogP contribution in [-0.2, 0) is 9.53 Å². The van der Waals surface area contributed by atoms with Gasteiger partial charge in [0.15, 0.2) is 0 Å². The zero-order valence-corrected chi connectivity index (χ0v) is 16.1. The molecule has 3 saturated carbocycles. The molecule has 0 aliphatic heterocycles. The van der Waals surface area contributed by atoms with Crippen molar-refractivity contribution in [3.63, 3.8) is 0 Å². The second-order valence-electron chi connectivity index (χ2n) is 9.61. The molecule has 0 saturated heterocycles. The van der Waals surface area contributed by atoms with Crippen molar-refractivity contribution in [1.82, 2.24) is 0 Å². The Kier molecular flexibility index (Phi) is 4.30. The molecule has 7 atom stereocenters. The number of fused-ring (bicyclic) bond motifs is 5. The van der Waals surface area contributed by atoms with Gasteiger partial charge in [-0.15, -0.1) is 0 Å². The number of esters is 1. The third kappa shape index (κ3) is 2.60. The van der Waals surface area contributed by atoms with E-state index < -0.39 is 0 Å². The van der Waals surface area contributed by atoms with Crippen LogP contribution < -0.4 is 0 Å². The van der Waals surface area contributed by atoms with Crippen molar-refractivity contribution >= 4 is 5.97 Å². The Morgan fingerprint density at radius 2 is 2.00 bits per heavy atom. The van der Waals surface area contributed by atoms with Crippen LogP contribution >= 0.6 is 0 Å². The van der Waals surface area contributed by atoms with Gasteiger partial charge in [0, 0.05) is 11.8 Å². The second kappa shape index (κ2) is 6.11. The van der Waals surface area contributed by atoms with E-state index in [0.29, 0.717) is 17.8 Å². The monoisotopic (exact) mass is 346 g/mol. The minimum absolute atomic E-state index is 0.0342. The molecule has 140 valence electrons. The van der Waals surface area contributed by atoms with Gasteiger partial charge in [-0.05, 0) is 74.5 Å². The number of rotatable bonds is 2. The van der Waals surface area contributed by atoms with Gasteiger partial charge >= 0.3 is 5.97 Å². The Morgan fingerprint density at radius 1 is 1.20 bits per heavy atom. The van der Waals surface area contributed by atoms with Gasteiger partial charge in [0.1, 0.15) is 6.10 Å². The molecule has 0 aromatic rings. The quantitative estimate of drug-likeness (QED) is 0.585. The predicted molar refractivity (Wildman–Crippen MR) is 97.9 cm³/mol. The molecule has 0 aromatic heterocycles. The lowest BCUT2D eigenvalue weighted by Gasteiger charge is -2.57. The van der Waals surface area contributed by atoms with E-state index in [4.69, 9.17) is 4.74 Å². The second-order valence-corrected chi connectivity index (χ2v) is 9.61. The van der Waals surface area contributed by atoms with E-state index in [1.165, 1.54) is 24.8 Å². The molecule has 0 bridgehead atoms. The molecule has 0 radical (unpaired) electrons. The Bertz CT molecular complexity index is 582. The fraction of sp³-hybridized carbons (Fsp3) is 0.864. The Morgan fingerprint density at radius 3 is 2.76 bits per heavy atom. The molecule has 25 heavy (non-hydrogen) atoms. The van der Waals surface area contributed by atoms with E-state index in [-0.39, 0.29) is 23.6 Å². The highest BCUT2D eigenvalue weighted by Crippen LogP contribution is 2.65. The minimum atomic E-state index is -0.131. The first-order chi connectivity index (χ1) is 11.9. The molecular formula is C22H34O3. The van der Waals surface area contributed by atoms with E-state index >= 15 is 0 Å². The lowest BCUT2D eigenvalue weighted by Crippen LogP contribution is -2.51. The average molecular weight is 347 g/mol. The van der Waals surface area contributed by atoms with E-state index in [9.17, 15) is 9.90 Å². The molecule has 4 aliphatic rings. The maximum absolute atomic E-state index is 11.9. The summed E-state index contributed by atoms with van der Waals surface area (Å²) >= 11 is 0. The van der Waals surface area contributed by atoms with Crippen molar-refractivity contribution in [2.24, 2.45) is 28.6 Å². The molecule has 3 nitrogen and oxygen atoms in total. The highest BCUT2D eigenvalue weighted by molar-refractivity contribution is 5.69. The maximum Gasteiger partial charge on any atom is 0.305 e. The van der Waals surface area contributed by atoms with Crippen molar-refractivity contribution < 1.29 is 14.6 Å². The SMILES string of the molecule is CCC(=O)O[C@H]1CC[C@H]2[C@@H]3CC=C4C[C@@H](O)CC[C@]4(C)[C@H]3CC[C@]12C. The van der Waals surface area contributed by atoms with Crippen LogP contribution in [0, 0.1) is 28.6 Å². The number of carbonyl (C=O) groups excluding carboxylic acids is 1. The van der Waals surface area contributed by atoms with Gasteiger partial charge in [0.2, 0.25) is 0 Å². The summed E-state index contributed by atoms with van der Waals surface area (Å²) in [5.41, 5.74) is 1.99. The molecule has 4 rings (SSSR count). The van der Waals surface area contributed by atoms with Crippen molar-refractivity contribution in [2.45, 2.75) is 90.8 Å². The highest BCUT2D eigenvalue weighted by atomic mass is 16.5. The number of allylic oxidation sites excluding steroid dienone is 1. The number of hydrogen-bond acceptors (Lipinski definition) is 3. The average Bonchev–Trinajstić information content (AvgIpc) is 2.92. The fourth-order valence-corrected chi connectivity index (χ4v) is 7.03. The molecule has 0 heterocycles. The molecule has 0 amide bonds. The predicted octanol–water partition coefficient (Wildman–Crippen LogP) is 4.63. The molecule has 4 aliphatic carbocycles. The van der Waals surface area contributed by atoms with E-state index in [0.717, 1.165) is 43.9 Å². The Balaban J connectivity index is 1.59. The van der Waals surface area contributed by atoms with E-state index in [1.807, 2.05) is 6.92 Å². The number of aliphatic hydroxyl groups is 1. The van der Waals surface area contributed by atoms with Gasteiger partial charge in [-0.1, -0.05) is 32.4 Å². The first-order valence-electron chi connectivity index (χ1n) is 10.5. The van der Waals surface area contributed by atoms with Crippen molar-refractivity contribution in [1.29, 1.82) is 0 Å². The molecule has 0 unspecified atom stereocenters. The standard InChI is InChI=1S/C22H34O3/c1-4-20(24)25-19-8-7-17-16-6-5-14-13-15(23)9-11-21(14,2)18(16)10-12-22(17,19)3/h5,15-19,23H,4,6-13H2,1-3H3/t15-,16-,17-,18-,19-,21-,22-/m0/s1. The summed E-state index contributed by atoms with van der Waals surface area (Å²) in [6.07, 6.45) is 11.8. The summed E-state index contributed by atoms with van der Waals surface area (Å²) in [5, 5.41) is 10.1. The summed E-state index contributed by atoms with van der Waals surface area (Å²) in [7, 11) is 0. The molecular weight excluding hydrogens is 312 g/mol. The number of ether oxygens (including phenoxy) is 1. The van der Waals surface area contributed by atoms with Crippen molar-refractivity contribution in [3.05, 3.63) is 11.6 Å². The molecule has 1 N–H and O–H groups in total. The van der Waals surface area contributed by atoms with Crippen LogP contribution in [0.15, 0.2) is 11.6 Å². The Hall–Kier alpha value is -0.830. The summed E-state index contributed by atoms with van der Waals surface area (Å²) in [5.74, 6) is 2.13. The number of aliphatic hydroxyl groups excluding tert-OH is 1. The zero-order valence-electron chi connectivity index (χ0n) is 16.1. The lowest BCUT2D eigenvalue weighted by molar-refractivity contribution is -0.159. The highest BCUT2D eigenvalue weighted by Gasteiger charge is 2.59. The summed E-state index contributed by atoms with van der Waals surface area (Å²) < 4.78 is 5.87. The summed E-state index contributed by atoms with van der Waals surface area (Å²) in [6, 6.07) is 0. The van der Waals surface area contributed by atoms with Crippen LogP contribution in [-0.4, -0.2) is 23.3 Å². The molecule has 3 heteroatoms. The third-order valence-electron chi connectivity index (χ3n) is 8.55. The zero-order chi connectivity index (χ0) is 17.8. The van der Waals surface area contributed by atoms with Crippen molar-refractivity contribution in [3.8, 4) is 0 Å². The topological polar surface area (TPSA) is 46.5 Å². The van der Waals surface area contributed by atoms with Gasteiger partial charge in [0.05, 0.1) is 6.10 Å². The molecule has 0 aromatic carbocycles. The van der Waals surface area contributed by atoms with E-state index in [1.54, 1.807) is 0 Å². The van der Waals surface area contributed by atoms with Gasteiger partial charge in [-0.25, -0.2) is 0 Å². The van der Waals surface area contributed by atoms with Crippen LogP contribution in [0.5, 0.6) is 0 Å². The Labute approximate surface area is 152 Å². The smallest absolute Gasteiger partial charge is 0.305 e. The first kappa shape index (κ1) is 17.6. The number of hydrogen-bond donors (Lipinski definition) is 1. The van der Waals surface area contributed by atoms with Crippen LogP contribution in [0.4, 0.5) is 0 Å². The van der Waals surface area contributed by atoms with Crippen LogP contribution in [0.1, 0.15) is 78.6 Å². The largest absolute Gasteiger partial charge is 0.462 e. The van der Waals surface area contributed by atoms with Gasteiger partial charge in [0.25, 0.3) is 0 Å². The molecule has 3 fully saturated rings. The summed E-state index contributed by atoms with van der Waals surface area (Å²) in [4.78, 5) is 11.9. The minimum Gasteiger partial charge on any atom is -0.462 e. The third-order valence-corrected chi connectivity index (χ3v) is 8.55. The lowest BCUT2D eigenvalue weighted by atomic mass is 9.48. The van der Waals surface area contributed by atoms with Crippen LogP contribution in [0.2, 0.25) is 0 Å². The van der Waals surface area contributed by atoms with E-state index in [2.05, 4.69) is 19.9 Å². The van der Waals surface area contributed by atoms with Crippen LogP contribution in [0.25, 0.3) is 0 Å². The normalized spacial score (nSPS) is 48.8. The van der Waals surface area contributed by atoms with Gasteiger partial charge in [-0.3, -0.25) is 4.79 Å². The number of carbonyl (C=O) groups is 1. The first-order valence-corrected chi connectivity index (χ1v) is 10.5.